The molecule has 7 heteroatoms. The summed E-state index contributed by atoms with van der Waals surface area (Å²) in [6, 6.07) is 11.7. The van der Waals surface area contributed by atoms with Crippen molar-refractivity contribution in [2.75, 3.05) is 11.9 Å². The van der Waals surface area contributed by atoms with E-state index in [2.05, 4.69) is 12.2 Å². The number of ether oxygens (including phenoxy) is 1. The summed E-state index contributed by atoms with van der Waals surface area (Å²) in [5.41, 5.74) is 0.899. The number of anilines is 1. The largest absolute Gasteiger partial charge is 0.462 e. The molecule has 0 heterocycles. The number of non-ortho nitro benzene ring substituents is 1. The molecule has 2 aromatic carbocycles. The average molecular weight is 356 g/mol. The van der Waals surface area contributed by atoms with Gasteiger partial charge in [0.1, 0.15) is 0 Å². The highest BCUT2D eigenvalue weighted by molar-refractivity contribution is 6.04. The van der Waals surface area contributed by atoms with Gasteiger partial charge in [0, 0.05) is 23.4 Å². The number of nitro benzene ring substituents is 1. The Kier molecular flexibility index (Phi) is 6.84. The van der Waals surface area contributed by atoms with Crippen LogP contribution in [0.5, 0.6) is 0 Å². The Hall–Kier alpha value is -3.22. The smallest absolute Gasteiger partial charge is 0.338 e. The van der Waals surface area contributed by atoms with Gasteiger partial charge in [-0.3, -0.25) is 14.9 Å². The van der Waals surface area contributed by atoms with Crippen LogP contribution in [0, 0.1) is 10.1 Å². The third kappa shape index (κ3) is 5.41. The zero-order valence-electron chi connectivity index (χ0n) is 14.4. The number of nitrogens with zero attached hydrogens (tertiary/aromatic N) is 1. The molecule has 2 aromatic rings. The maximum Gasteiger partial charge on any atom is 0.338 e. The van der Waals surface area contributed by atoms with Crippen LogP contribution in [0.15, 0.2) is 48.5 Å². The summed E-state index contributed by atoms with van der Waals surface area (Å²) in [6.07, 6.45) is 2.89. The minimum absolute atomic E-state index is 0.154. The fraction of sp³-hybridized carbons (Fsp3) is 0.263. The van der Waals surface area contributed by atoms with E-state index >= 15 is 0 Å². The van der Waals surface area contributed by atoms with Crippen molar-refractivity contribution in [1.82, 2.24) is 0 Å². The third-order valence-corrected chi connectivity index (χ3v) is 3.68. The second-order valence-corrected chi connectivity index (χ2v) is 5.68. The first-order valence-corrected chi connectivity index (χ1v) is 8.34. The number of carbonyl (C=O) groups is 2. The summed E-state index contributed by atoms with van der Waals surface area (Å²) < 4.78 is 5.17. The lowest BCUT2D eigenvalue weighted by Crippen LogP contribution is -2.12. The molecule has 0 spiro atoms. The average Bonchev–Trinajstić information content (AvgIpc) is 2.65. The van der Waals surface area contributed by atoms with E-state index < -0.39 is 16.8 Å². The minimum Gasteiger partial charge on any atom is -0.462 e. The van der Waals surface area contributed by atoms with Crippen LogP contribution in [0.4, 0.5) is 11.4 Å². The van der Waals surface area contributed by atoms with Gasteiger partial charge in [-0.2, -0.15) is 0 Å². The SMILES string of the molecule is CCCCCOC(=O)c1ccc(NC(=O)c2cccc([N+](=O)[O-])c2)cc1. The summed E-state index contributed by atoms with van der Waals surface area (Å²) in [6.45, 7) is 2.46. The number of hydrogen-bond acceptors (Lipinski definition) is 5. The lowest BCUT2D eigenvalue weighted by Gasteiger charge is -2.07. The molecule has 0 fully saturated rings. The lowest BCUT2D eigenvalue weighted by atomic mass is 10.1. The molecule has 0 saturated heterocycles. The molecule has 7 nitrogen and oxygen atoms in total. The first-order valence-electron chi connectivity index (χ1n) is 8.34. The molecule has 0 saturated carbocycles. The van der Waals surface area contributed by atoms with Crippen LogP contribution < -0.4 is 5.32 Å². The van der Waals surface area contributed by atoms with E-state index in [-0.39, 0.29) is 11.3 Å². The molecule has 1 N–H and O–H groups in total. The van der Waals surface area contributed by atoms with Gasteiger partial charge in [0.15, 0.2) is 0 Å². The highest BCUT2D eigenvalue weighted by Gasteiger charge is 2.12. The molecule has 0 aliphatic rings. The fourth-order valence-electron chi connectivity index (χ4n) is 2.25. The van der Waals surface area contributed by atoms with Gasteiger partial charge in [-0.05, 0) is 36.8 Å². The minimum atomic E-state index is -0.558. The number of benzene rings is 2. The topological polar surface area (TPSA) is 98.5 Å². The predicted molar refractivity (Wildman–Crippen MR) is 97.3 cm³/mol. The molecule has 1 amide bonds. The number of carbonyl (C=O) groups excluding carboxylic acids is 2. The number of nitrogens with one attached hydrogen (secondary N) is 1. The van der Waals surface area contributed by atoms with Gasteiger partial charge in [0.05, 0.1) is 17.1 Å². The molecular weight excluding hydrogens is 336 g/mol. The summed E-state index contributed by atoms with van der Waals surface area (Å²) >= 11 is 0. The van der Waals surface area contributed by atoms with Crippen LogP contribution in [-0.2, 0) is 4.74 Å². The van der Waals surface area contributed by atoms with Crippen molar-refractivity contribution in [2.24, 2.45) is 0 Å². The van der Waals surface area contributed by atoms with Crippen molar-refractivity contribution >= 4 is 23.3 Å². The van der Waals surface area contributed by atoms with E-state index in [1.165, 1.54) is 24.3 Å². The van der Waals surface area contributed by atoms with E-state index in [4.69, 9.17) is 4.74 Å². The lowest BCUT2D eigenvalue weighted by molar-refractivity contribution is -0.384. The van der Waals surface area contributed by atoms with Crippen LogP contribution >= 0.6 is 0 Å². The van der Waals surface area contributed by atoms with Gasteiger partial charge >= 0.3 is 5.97 Å². The maximum atomic E-state index is 12.2. The Balaban J connectivity index is 1.96. The van der Waals surface area contributed by atoms with Gasteiger partial charge in [-0.15, -0.1) is 0 Å². The Morgan fingerprint density at radius 3 is 2.46 bits per heavy atom. The zero-order chi connectivity index (χ0) is 18.9. The third-order valence-electron chi connectivity index (χ3n) is 3.68. The molecule has 26 heavy (non-hydrogen) atoms. The molecule has 136 valence electrons. The Bertz CT molecular complexity index is 787. The molecule has 0 atom stereocenters. The second-order valence-electron chi connectivity index (χ2n) is 5.68. The van der Waals surface area contributed by atoms with Crippen molar-refractivity contribution in [1.29, 1.82) is 0 Å². The van der Waals surface area contributed by atoms with E-state index in [1.54, 1.807) is 24.3 Å². The molecular formula is C19H20N2O5. The van der Waals surface area contributed by atoms with E-state index in [0.717, 1.165) is 19.3 Å². The van der Waals surface area contributed by atoms with Crippen molar-refractivity contribution in [2.45, 2.75) is 26.2 Å². The van der Waals surface area contributed by atoms with E-state index in [0.29, 0.717) is 17.9 Å². The summed E-state index contributed by atoms with van der Waals surface area (Å²) in [5, 5.41) is 13.4. The van der Waals surface area contributed by atoms with Crippen LogP contribution in [0.25, 0.3) is 0 Å². The monoisotopic (exact) mass is 356 g/mol. The van der Waals surface area contributed by atoms with E-state index in [1.807, 2.05) is 0 Å². The second kappa shape index (κ2) is 9.31. The van der Waals surface area contributed by atoms with Crippen LogP contribution in [0.3, 0.4) is 0 Å². The molecule has 0 unspecified atom stereocenters. The molecule has 0 bridgehead atoms. The number of amides is 1. The number of rotatable bonds is 8. The molecule has 0 aliphatic heterocycles. The van der Waals surface area contributed by atoms with Crippen molar-refractivity contribution in [3.05, 3.63) is 69.8 Å². The van der Waals surface area contributed by atoms with Gasteiger partial charge in [-0.1, -0.05) is 25.8 Å². The Morgan fingerprint density at radius 1 is 1.08 bits per heavy atom. The Labute approximate surface area is 151 Å². The Morgan fingerprint density at radius 2 is 1.81 bits per heavy atom. The summed E-state index contributed by atoms with van der Waals surface area (Å²) in [7, 11) is 0. The number of hydrogen-bond donors (Lipinski definition) is 1. The fourth-order valence-corrected chi connectivity index (χ4v) is 2.25. The first-order chi connectivity index (χ1) is 12.5. The number of unbranched alkanes of at least 4 members (excludes halogenated alkanes) is 2. The molecule has 0 aliphatic carbocycles. The van der Waals surface area contributed by atoms with Crippen molar-refractivity contribution in [3.63, 3.8) is 0 Å². The van der Waals surface area contributed by atoms with Crippen LogP contribution in [-0.4, -0.2) is 23.4 Å². The number of nitro groups is 1. The number of esters is 1. The first kappa shape index (κ1) is 19.1. The normalized spacial score (nSPS) is 10.2. The highest BCUT2D eigenvalue weighted by Crippen LogP contribution is 2.16. The molecule has 2 rings (SSSR count). The van der Waals surface area contributed by atoms with Gasteiger partial charge in [0.2, 0.25) is 0 Å². The predicted octanol–water partition coefficient (Wildman–Crippen LogP) is 4.19. The zero-order valence-corrected chi connectivity index (χ0v) is 14.4. The van der Waals surface area contributed by atoms with Crippen LogP contribution in [0.2, 0.25) is 0 Å². The molecule has 0 radical (unpaired) electrons. The quantitative estimate of drug-likeness (QED) is 0.331. The van der Waals surface area contributed by atoms with Crippen molar-refractivity contribution in [3.8, 4) is 0 Å². The van der Waals surface area contributed by atoms with Crippen molar-refractivity contribution < 1.29 is 19.2 Å². The maximum absolute atomic E-state index is 12.2. The summed E-state index contributed by atoms with van der Waals surface area (Å²) in [4.78, 5) is 34.3. The van der Waals surface area contributed by atoms with Crippen LogP contribution in [0.1, 0.15) is 46.9 Å². The highest BCUT2D eigenvalue weighted by atomic mass is 16.6. The molecule has 0 aromatic heterocycles. The van der Waals surface area contributed by atoms with Gasteiger partial charge < -0.3 is 10.1 Å². The van der Waals surface area contributed by atoms with Gasteiger partial charge in [-0.25, -0.2) is 4.79 Å². The standard InChI is InChI=1S/C19H20N2O5/c1-2-3-4-12-26-19(23)14-8-10-16(11-9-14)20-18(22)15-6-5-7-17(13-15)21(24)25/h5-11,13H,2-4,12H2,1H3,(H,20,22). The van der Waals surface area contributed by atoms with Gasteiger partial charge in [0.25, 0.3) is 11.6 Å². The summed E-state index contributed by atoms with van der Waals surface area (Å²) in [5.74, 6) is -0.874. The van der Waals surface area contributed by atoms with E-state index in [9.17, 15) is 19.7 Å².